The number of aromatic nitrogens is 1. The molecule has 1 N–H and O–H groups in total. The molecule has 2 saturated heterocycles. The Morgan fingerprint density at radius 2 is 1.79 bits per heavy atom. The first-order valence-electron chi connectivity index (χ1n) is 12.4. The molecule has 0 radical (unpaired) electrons. The van der Waals surface area contributed by atoms with Crippen molar-refractivity contribution < 1.29 is 4.79 Å². The van der Waals surface area contributed by atoms with Gasteiger partial charge in [-0.1, -0.05) is 29.3 Å². The lowest BCUT2D eigenvalue weighted by Gasteiger charge is -2.30. The number of rotatable bonds is 4. The van der Waals surface area contributed by atoms with Crippen LogP contribution in [0.3, 0.4) is 0 Å². The topological polar surface area (TPSA) is 48.5 Å². The molecular weight excluding hydrogens is 432 g/mol. The number of pyridine rings is 1. The summed E-state index contributed by atoms with van der Waals surface area (Å²) in [5, 5.41) is 3.92. The number of urea groups is 1. The van der Waals surface area contributed by atoms with E-state index in [1.165, 1.54) is 53.8 Å². The maximum absolute atomic E-state index is 12.7. The molecule has 5 rings (SSSR count). The number of piperidine rings is 1. The molecule has 0 unspecified atom stereocenters. The van der Waals surface area contributed by atoms with Gasteiger partial charge < -0.3 is 15.1 Å². The molecule has 5 nitrogen and oxygen atoms in total. The maximum Gasteiger partial charge on any atom is 0.317 e. The maximum atomic E-state index is 12.7. The lowest BCUT2D eigenvalue weighted by Crippen LogP contribution is -2.44. The molecule has 2 aromatic rings. The van der Waals surface area contributed by atoms with Crippen LogP contribution in [-0.4, -0.2) is 60.1 Å². The summed E-state index contributed by atoms with van der Waals surface area (Å²) < 4.78 is 0. The Balaban J connectivity index is 1.28. The Labute approximate surface area is 201 Å². The van der Waals surface area contributed by atoms with Crippen LogP contribution in [0.4, 0.5) is 4.79 Å². The van der Waals surface area contributed by atoms with E-state index in [1.54, 1.807) is 0 Å². The molecular formula is C27H33ClN4O. The first-order chi connectivity index (χ1) is 16.2. The van der Waals surface area contributed by atoms with Gasteiger partial charge in [0.25, 0.3) is 0 Å². The van der Waals surface area contributed by atoms with Crippen molar-refractivity contribution in [2.45, 2.75) is 44.9 Å². The van der Waals surface area contributed by atoms with Gasteiger partial charge in [-0.25, -0.2) is 4.79 Å². The summed E-state index contributed by atoms with van der Waals surface area (Å²) in [4.78, 5) is 22.0. The van der Waals surface area contributed by atoms with Crippen LogP contribution in [-0.2, 0) is 12.8 Å². The second-order valence-electron chi connectivity index (χ2n) is 9.41. The molecule has 2 aliphatic heterocycles. The van der Waals surface area contributed by atoms with E-state index in [9.17, 15) is 4.79 Å². The Kier molecular flexibility index (Phi) is 6.98. The highest BCUT2D eigenvalue weighted by Crippen LogP contribution is 2.38. The Morgan fingerprint density at radius 1 is 1.00 bits per heavy atom. The van der Waals surface area contributed by atoms with Crippen molar-refractivity contribution in [3.05, 3.63) is 69.5 Å². The number of halogens is 1. The average Bonchev–Trinajstić information content (AvgIpc) is 3.30. The number of fused-ring (bicyclic) bond motifs is 2. The zero-order valence-corrected chi connectivity index (χ0v) is 20.0. The summed E-state index contributed by atoms with van der Waals surface area (Å²) in [6, 6.07) is 10.5. The number of benzene rings is 1. The third-order valence-corrected chi connectivity index (χ3v) is 7.50. The molecule has 0 bridgehead atoms. The Morgan fingerprint density at radius 3 is 2.61 bits per heavy atom. The fraction of sp³-hybridized carbons (Fsp3) is 0.481. The molecule has 174 valence electrons. The van der Waals surface area contributed by atoms with Crippen molar-refractivity contribution in [2.24, 2.45) is 0 Å². The number of nitrogens with one attached hydrogen (secondary N) is 1. The Hall–Kier alpha value is -2.37. The fourth-order valence-corrected chi connectivity index (χ4v) is 5.67. The highest BCUT2D eigenvalue weighted by molar-refractivity contribution is 6.30. The van der Waals surface area contributed by atoms with Gasteiger partial charge in [0.15, 0.2) is 0 Å². The number of aryl methyl sites for hydroxylation is 2. The van der Waals surface area contributed by atoms with Crippen molar-refractivity contribution in [1.82, 2.24) is 20.1 Å². The van der Waals surface area contributed by atoms with Crippen molar-refractivity contribution in [1.29, 1.82) is 0 Å². The van der Waals surface area contributed by atoms with Crippen LogP contribution in [0.5, 0.6) is 0 Å². The molecule has 3 aliphatic rings. The zero-order valence-electron chi connectivity index (χ0n) is 19.3. The molecule has 0 saturated carbocycles. The number of likely N-dealkylation sites (tertiary alicyclic amines) is 2. The standard InChI is InChI=1S/C27H33ClN4O/c28-23-8-9-24-22(19-23)7-6-21-5-3-12-29-26(21)25(24)20-10-17-32(18-11-20)27(33)30-13-4-16-31-14-1-2-15-31/h3,5,8-9,12,19H,1-2,4,6-7,10-11,13-18H2,(H,30,33). The van der Waals surface area contributed by atoms with E-state index in [0.29, 0.717) is 0 Å². The van der Waals surface area contributed by atoms with Gasteiger partial charge in [-0.05, 0) is 99.5 Å². The summed E-state index contributed by atoms with van der Waals surface area (Å²) >= 11 is 6.33. The van der Waals surface area contributed by atoms with Gasteiger partial charge >= 0.3 is 6.03 Å². The molecule has 6 heteroatoms. The van der Waals surface area contributed by atoms with Gasteiger partial charge in [-0.3, -0.25) is 4.98 Å². The quantitative estimate of drug-likeness (QED) is 0.653. The van der Waals surface area contributed by atoms with Gasteiger partial charge in [0.05, 0.1) is 5.69 Å². The van der Waals surface area contributed by atoms with Crippen LogP contribution < -0.4 is 5.32 Å². The van der Waals surface area contributed by atoms with Gasteiger partial charge in [0, 0.05) is 36.4 Å². The van der Waals surface area contributed by atoms with Gasteiger partial charge in [0.2, 0.25) is 0 Å². The molecule has 1 aliphatic carbocycles. The number of hydrogen-bond acceptors (Lipinski definition) is 3. The normalized spacial score (nSPS) is 18.6. The Bertz CT molecular complexity index is 1030. The predicted molar refractivity (Wildman–Crippen MR) is 134 cm³/mol. The number of amides is 2. The largest absolute Gasteiger partial charge is 0.338 e. The van der Waals surface area contributed by atoms with Crippen LogP contribution in [0, 0.1) is 0 Å². The minimum Gasteiger partial charge on any atom is -0.338 e. The van der Waals surface area contributed by atoms with Gasteiger partial charge in [0.1, 0.15) is 0 Å². The van der Waals surface area contributed by atoms with E-state index < -0.39 is 0 Å². The number of carbonyl (C=O) groups is 1. The molecule has 2 amide bonds. The van der Waals surface area contributed by atoms with Crippen molar-refractivity contribution in [3.8, 4) is 0 Å². The van der Waals surface area contributed by atoms with E-state index in [2.05, 4.69) is 28.4 Å². The van der Waals surface area contributed by atoms with Crippen molar-refractivity contribution >= 4 is 23.2 Å². The lowest BCUT2D eigenvalue weighted by molar-refractivity contribution is 0.193. The number of carbonyl (C=O) groups excluding carboxylic acids is 1. The van der Waals surface area contributed by atoms with Crippen LogP contribution >= 0.6 is 11.6 Å². The minimum atomic E-state index is 0.0760. The number of nitrogens with zero attached hydrogens (tertiary/aromatic N) is 3. The number of hydrogen-bond donors (Lipinski definition) is 1. The summed E-state index contributed by atoms with van der Waals surface area (Å²) in [6.45, 7) is 5.77. The average molecular weight is 465 g/mol. The van der Waals surface area contributed by atoms with Crippen LogP contribution in [0.2, 0.25) is 5.02 Å². The van der Waals surface area contributed by atoms with Crippen LogP contribution in [0.15, 0.2) is 42.1 Å². The highest BCUT2D eigenvalue weighted by Gasteiger charge is 2.26. The second kappa shape index (κ2) is 10.3. The minimum absolute atomic E-state index is 0.0760. The smallest absolute Gasteiger partial charge is 0.317 e. The van der Waals surface area contributed by atoms with Gasteiger partial charge in [-0.15, -0.1) is 0 Å². The first-order valence-corrected chi connectivity index (χ1v) is 12.8. The third kappa shape index (κ3) is 5.10. The molecule has 0 spiro atoms. The SMILES string of the molecule is O=C(NCCCN1CCCC1)N1CCC(=C2c3ccc(Cl)cc3CCc3cccnc32)CC1. The molecule has 2 fully saturated rings. The van der Waals surface area contributed by atoms with E-state index >= 15 is 0 Å². The summed E-state index contributed by atoms with van der Waals surface area (Å²) in [6.07, 6.45) is 9.26. The predicted octanol–water partition coefficient (Wildman–Crippen LogP) is 4.93. The molecule has 3 heterocycles. The monoisotopic (exact) mass is 464 g/mol. The van der Waals surface area contributed by atoms with E-state index in [0.717, 1.165) is 69.0 Å². The lowest BCUT2D eigenvalue weighted by atomic mass is 9.88. The van der Waals surface area contributed by atoms with Crippen LogP contribution in [0.1, 0.15) is 54.5 Å². The van der Waals surface area contributed by atoms with Gasteiger partial charge in [-0.2, -0.15) is 0 Å². The van der Waals surface area contributed by atoms with E-state index in [-0.39, 0.29) is 6.03 Å². The molecule has 33 heavy (non-hydrogen) atoms. The third-order valence-electron chi connectivity index (χ3n) is 7.26. The van der Waals surface area contributed by atoms with E-state index in [1.807, 2.05) is 23.2 Å². The molecule has 1 aromatic heterocycles. The van der Waals surface area contributed by atoms with Crippen LogP contribution in [0.25, 0.3) is 5.57 Å². The first kappa shape index (κ1) is 22.4. The zero-order chi connectivity index (χ0) is 22.6. The summed E-state index contributed by atoms with van der Waals surface area (Å²) in [5.41, 5.74) is 7.62. The molecule has 0 atom stereocenters. The summed E-state index contributed by atoms with van der Waals surface area (Å²) in [5.74, 6) is 0. The van der Waals surface area contributed by atoms with Crippen molar-refractivity contribution in [2.75, 3.05) is 39.3 Å². The fourth-order valence-electron chi connectivity index (χ4n) is 5.48. The highest BCUT2D eigenvalue weighted by atomic mass is 35.5. The van der Waals surface area contributed by atoms with Crippen molar-refractivity contribution in [3.63, 3.8) is 0 Å². The van der Waals surface area contributed by atoms with E-state index in [4.69, 9.17) is 16.6 Å². The summed E-state index contributed by atoms with van der Waals surface area (Å²) in [7, 11) is 0. The second-order valence-corrected chi connectivity index (χ2v) is 9.85. The molecule has 1 aromatic carbocycles.